The lowest BCUT2D eigenvalue weighted by Gasteiger charge is -2.23. The summed E-state index contributed by atoms with van der Waals surface area (Å²) in [5.41, 5.74) is 8.60. The molecule has 69 heavy (non-hydrogen) atoms. The van der Waals surface area contributed by atoms with Crippen LogP contribution in [0.1, 0.15) is 82.5 Å². The van der Waals surface area contributed by atoms with Crippen molar-refractivity contribution in [2.45, 2.75) is 82.4 Å². The highest BCUT2D eigenvalue weighted by Crippen LogP contribution is 2.43. The molecule has 5 aromatic rings. The minimum Gasteiger partial charge on any atom is -0.493 e. The molecular formula is C53H58N6O8S2. The van der Waals surface area contributed by atoms with Gasteiger partial charge in [-0.2, -0.15) is 0 Å². The highest BCUT2D eigenvalue weighted by Gasteiger charge is 2.39. The smallest absolute Gasteiger partial charge is 0.260 e. The van der Waals surface area contributed by atoms with E-state index >= 15 is 0 Å². The van der Waals surface area contributed by atoms with Crippen molar-refractivity contribution < 1.29 is 38.1 Å². The first-order valence-electron chi connectivity index (χ1n) is 23.4. The fourth-order valence-electron chi connectivity index (χ4n) is 9.45. The number of anilines is 5. The number of benzene rings is 5. The molecule has 0 spiro atoms. The molecule has 4 amide bonds. The minimum atomic E-state index is -0.177. The average Bonchev–Trinajstić information content (AvgIpc) is 3.85. The van der Waals surface area contributed by atoms with Crippen molar-refractivity contribution in [3.8, 4) is 23.0 Å². The largest absolute Gasteiger partial charge is 0.493 e. The number of nitrogens with one attached hydrogen (secondary N) is 4. The van der Waals surface area contributed by atoms with Crippen molar-refractivity contribution in [1.82, 2.24) is 5.32 Å². The van der Waals surface area contributed by atoms with Crippen LogP contribution in [0.15, 0.2) is 91.0 Å². The molecule has 9 rings (SSSR count). The number of carbonyl (C=O) groups excluding carboxylic acids is 4. The Hall–Kier alpha value is -6.52. The first-order valence-corrected chi connectivity index (χ1v) is 25.7. The highest BCUT2D eigenvalue weighted by molar-refractivity contribution is 8.77. The number of para-hydroxylation sites is 2. The average molecular weight is 971 g/mol. The predicted octanol–water partition coefficient (Wildman–Crippen LogP) is 9.26. The number of fused-ring (bicyclic) bond motifs is 8. The summed E-state index contributed by atoms with van der Waals surface area (Å²) in [5.74, 6) is 2.30. The highest BCUT2D eigenvalue weighted by atomic mass is 33.1. The topological polar surface area (TPSA) is 160 Å². The Morgan fingerprint density at radius 2 is 1.22 bits per heavy atom. The summed E-state index contributed by atoms with van der Waals surface area (Å²) >= 11 is 0. The second-order valence-electron chi connectivity index (χ2n) is 18.3. The van der Waals surface area contributed by atoms with E-state index in [1.54, 1.807) is 55.0 Å². The summed E-state index contributed by atoms with van der Waals surface area (Å²) in [6.45, 7) is 5.62. The molecular weight excluding hydrogens is 913 g/mol. The van der Waals surface area contributed by atoms with Crippen LogP contribution in [0.5, 0.6) is 23.0 Å². The number of ether oxygens (including phenoxy) is 4. The van der Waals surface area contributed by atoms with Crippen molar-refractivity contribution >= 4 is 73.7 Å². The number of nitrogens with zero attached hydrogens (tertiary/aromatic N) is 2. The normalized spacial score (nSPS) is 16.5. The van der Waals surface area contributed by atoms with Crippen molar-refractivity contribution in [3.63, 3.8) is 0 Å². The number of hydrogen-bond donors (Lipinski definition) is 4. The Balaban J connectivity index is 0.932. The number of carbonyl (C=O) groups is 4. The first kappa shape index (κ1) is 47.5. The minimum absolute atomic E-state index is 0.0216. The molecule has 0 bridgehead atoms. The summed E-state index contributed by atoms with van der Waals surface area (Å²) in [6.07, 6.45) is 3.76. The van der Waals surface area contributed by atoms with Crippen molar-refractivity contribution in [2.24, 2.45) is 0 Å². The van der Waals surface area contributed by atoms with Gasteiger partial charge < -0.3 is 50.0 Å². The number of rotatable bonds is 18. The van der Waals surface area contributed by atoms with Gasteiger partial charge in [0, 0.05) is 72.7 Å². The van der Waals surface area contributed by atoms with Gasteiger partial charge in [-0.1, -0.05) is 58.0 Å². The van der Waals surface area contributed by atoms with E-state index in [0.717, 1.165) is 58.6 Å². The summed E-state index contributed by atoms with van der Waals surface area (Å²) in [7, 11) is 8.20. The number of methoxy groups -OCH3 is 2. The van der Waals surface area contributed by atoms with Crippen LogP contribution in [-0.2, 0) is 35.6 Å². The first-order chi connectivity index (χ1) is 33.4. The van der Waals surface area contributed by atoms with Gasteiger partial charge in [-0.15, -0.1) is 0 Å². The lowest BCUT2D eigenvalue weighted by Crippen LogP contribution is -2.39. The van der Waals surface area contributed by atoms with Gasteiger partial charge in [-0.25, -0.2) is 0 Å². The monoisotopic (exact) mass is 970 g/mol. The Bertz CT molecular complexity index is 2630. The predicted molar refractivity (Wildman–Crippen MR) is 275 cm³/mol. The van der Waals surface area contributed by atoms with E-state index in [1.807, 2.05) is 76.5 Å². The molecule has 14 nitrogen and oxygen atoms in total. The van der Waals surface area contributed by atoms with E-state index in [9.17, 15) is 19.2 Å². The third kappa shape index (κ3) is 10.4. The van der Waals surface area contributed by atoms with E-state index in [2.05, 4.69) is 47.2 Å². The molecule has 0 saturated carbocycles. The van der Waals surface area contributed by atoms with Crippen LogP contribution in [0.2, 0.25) is 0 Å². The summed E-state index contributed by atoms with van der Waals surface area (Å²) in [5, 5.41) is 12.8. The van der Waals surface area contributed by atoms with Crippen LogP contribution in [0.4, 0.5) is 28.4 Å². The van der Waals surface area contributed by atoms with E-state index in [0.29, 0.717) is 83.5 Å². The zero-order valence-electron chi connectivity index (χ0n) is 39.6. The SMILES string of the molecule is CNC(=O)CCCSSC(C)(C)CCC(=O)Nc1cc(COc2cc3c(cc2OC)C(=O)N2c4ccccc4C[C@H]2CN3)cc(COc2cc3c(cc2OC)C(=O)N2c4ccccc4C[C@H]2CN3)c1. The Morgan fingerprint density at radius 1 is 0.696 bits per heavy atom. The van der Waals surface area contributed by atoms with Gasteiger partial charge in [0.15, 0.2) is 23.0 Å². The van der Waals surface area contributed by atoms with Crippen LogP contribution < -0.4 is 50.0 Å². The summed E-state index contributed by atoms with van der Waals surface area (Å²) in [6, 6.07) is 28.9. The van der Waals surface area contributed by atoms with Crippen LogP contribution in [0, 0.1) is 0 Å². The van der Waals surface area contributed by atoms with E-state index < -0.39 is 0 Å². The van der Waals surface area contributed by atoms with Crippen molar-refractivity contribution in [3.05, 3.63) is 124 Å². The summed E-state index contributed by atoms with van der Waals surface area (Å²) < 4.78 is 24.4. The maximum Gasteiger partial charge on any atom is 0.260 e. The molecule has 0 fully saturated rings. The van der Waals surface area contributed by atoms with E-state index in [4.69, 9.17) is 18.9 Å². The fourth-order valence-corrected chi connectivity index (χ4v) is 12.1. The zero-order valence-corrected chi connectivity index (χ0v) is 41.2. The van der Waals surface area contributed by atoms with Gasteiger partial charge in [-0.3, -0.25) is 19.2 Å². The number of amides is 4. The molecule has 4 N–H and O–H groups in total. The number of hydrogen-bond acceptors (Lipinski definition) is 12. The third-order valence-electron chi connectivity index (χ3n) is 13.0. The maximum atomic E-state index is 14.1. The fraction of sp³-hybridized carbons (Fsp3) is 0.358. The second-order valence-corrected chi connectivity index (χ2v) is 21.4. The molecule has 16 heteroatoms. The van der Waals surface area contributed by atoms with E-state index in [-0.39, 0.29) is 53.7 Å². The molecule has 0 aromatic heterocycles. The Kier molecular flexibility index (Phi) is 14.2. The zero-order chi connectivity index (χ0) is 48.2. The molecule has 0 radical (unpaired) electrons. The molecule has 0 unspecified atom stereocenters. The molecule has 4 aliphatic heterocycles. The van der Waals surface area contributed by atoms with Gasteiger partial charge in [0.05, 0.1) is 48.8 Å². The van der Waals surface area contributed by atoms with Crippen LogP contribution in [-0.4, -0.2) is 80.6 Å². The Labute approximate surface area is 410 Å². The molecule has 0 saturated heterocycles. The van der Waals surface area contributed by atoms with E-state index in [1.165, 1.54) is 0 Å². The van der Waals surface area contributed by atoms with Crippen LogP contribution in [0.3, 0.4) is 0 Å². The van der Waals surface area contributed by atoms with Gasteiger partial charge in [-0.05, 0) is 104 Å². The van der Waals surface area contributed by atoms with Gasteiger partial charge in [0.1, 0.15) is 13.2 Å². The lowest BCUT2D eigenvalue weighted by molar-refractivity contribution is -0.120. The van der Waals surface area contributed by atoms with Crippen LogP contribution in [0.25, 0.3) is 0 Å². The maximum absolute atomic E-state index is 14.1. The van der Waals surface area contributed by atoms with Gasteiger partial charge in [0.25, 0.3) is 11.8 Å². The molecule has 360 valence electrons. The second kappa shape index (κ2) is 20.6. The van der Waals surface area contributed by atoms with Gasteiger partial charge >= 0.3 is 0 Å². The third-order valence-corrected chi connectivity index (χ3v) is 16.4. The molecule has 5 aromatic carbocycles. The quantitative estimate of drug-likeness (QED) is 0.0488. The van der Waals surface area contributed by atoms with Crippen molar-refractivity contribution in [2.75, 3.05) is 65.9 Å². The van der Waals surface area contributed by atoms with Gasteiger partial charge in [0.2, 0.25) is 11.8 Å². The van der Waals surface area contributed by atoms with Crippen LogP contribution >= 0.6 is 21.6 Å². The lowest BCUT2D eigenvalue weighted by atomic mass is 10.1. The summed E-state index contributed by atoms with van der Waals surface area (Å²) in [4.78, 5) is 57.2. The Morgan fingerprint density at radius 3 is 1.72 bits per heavy atom. The van der Waals surface area contributed by atoms with Crippen molar-refractivity contribution in [1.29, 1.82) is 0 Å². The standard InChI is InChI=1S/C53H58N6O8S2/c1-53(2,69-68-18-10-15-49(60)54-3)17-16-50(61)57-36-20-32(30-66-47-26-41-39(24-45(47)64-4)51(62)58-37(28-55-41)22-34-11-6-8-13-43(34)58)19-33(21-36)31-67-48-27-42-40(25-46(48)65-5)52(63)59-38(29-56-42)23-35-12-7-9-14-44(35)59/h6-9,11-14,19-21,24-27,37-38,55-56H,10,15-18,22-23,28-31H2,1-5H3,(H,54,60)(H,57,61)/t37-,38-/m0/s1. The molecule has 4 heterocycles. The molecule has 4 aliphatic rings. The molecule has 0 aliphatic carbocycles. The molecule has 2 atom stereocenters.